The molecule has 0 radical (unpaired) electrons. The zero-order valence-corrected chi connectivity index (χ0v) is 14.4. The third-order valence-electron chi connectivity index (χ3n) is 3.27. The van der Waals surface area contributed by atoms with Gasteiger partial charge in [-0.15, -0.1) is 5.10 Å². The average molecular weight is 296 g/mol. The Hall–Kier alpha value is -0.810. The van der Waals surface area contributed by atoms with Crippen LogP contribution in [-0.2, 0) is 6.54 Å². The Balaban J connectivity index is 2.57. The minimum absolute atomic E-state index is 0.101. The molecule has 0 saturated heterocycles. The molecule has 4 nitrogen and oxygen atoms in total. The van der Waals surface area contributed by atoms with E-state index in [-0.39, 0.29) is 5.54 Å². The lowest BCUT2D eigenvalue weighted by Crippen LogP contribution is -2.35. The van der Waals surface area contributed by atoms with Crippen molar-refractivity contribution in [1.29, 1.82) is 0 Å². The molecule has 1 atom stereocenters. The molecular formula is C15H28N4S. The van der Waals surface area contributed by atoms with Gasteiger partial charge in [-0.2, -0.15) is 16.9 Å². The molecule has 20 heavy (non-hydrogen) atoms. The van der Waals surface area contributed by atoms with Crippen molar-refractivity contribution < 1.29 is 0 Å². The van der Waals surface area contributed by atoms with Gasteiger partial charge in [-0.05, 0) is 58.3 Å². The summed E-state index contributed by atoms with van der Waals surface area (Å²) in [6.07, 6.45) is 3.30. The van der Waals surface area contributed by atoms with Crippen LogP contribution in [0.3, 0.4) is 0 Å². The summed E-state index contributed by atoms with van der Waals surface area (Å²) in [5, 5.41) is 12.1. The van der Waals surface area contributed by atoms with Crippen LogP contribution < -0.4 is 10.2 Å². The normalized spacial score (nSPS) is 13.3. The van der Waals surface area contributed by atoms with Crippen LogP contribution in [0.15, 0.2) is 12.1 Å². The largest absolute Gasteiger partial charge is 0.355 e. The molecule has 114 valence electrons. The second kappa shape index (κ2) is 7.84. The number of aromatic nitrogens is 2. The van der Waals surface area contributed by atoms with Gasteiger partial charge in [-0.25, -0.2) is 0 Å². The Morgan fingerprint density at radius 3 is 2.50 bits per heavy atom. The summed E-state index contributed by atoms with van der Waals surface area (Å²) < 4.78 is 0. The third-order valence-corrected chi connectivity index (χ3v) is 3.91. The van der Waals surface area contributed by atoms with Crippen molar-refractivity contribution >= 4 is 17.6 Å². The van der Waals surface area contributed by atoms with E-state index in [9.17, 15) is 0 Å². The number of thioether (sulfide) groups is 1. The number of hydrogen-bond donors (Lipinski definition) is 1. The Morgan fingerprint density at radius 2 is 2.00 bits per heavy atom. The number of hydrogen-bond acceptors (Lipinski definition) is 5. The number of rotatable bonds is 7. The molecule has 1 unspecified atom stereocenters. The number of nitrogens with zero attached hydrogens (tertiary/aromatic N) is 3. The maximum Gasteiger partial charge on any atom is 0.151 e. The summed E-state index contributed by atoms with van der Waals surface area (Å²) in [5.41, 5.74) is 1.08. The van der Waals surface area contributed by atoms with E-state index in [0.29, 0.717) is 6.04 Å². The van der Waals surface area contributed by atoms with Crippen LogP contribution in [0.1, 0.15) is 39.8 Å². The molecule has 1 heterocycles. The maximum absolute atomic E-state index is 4.34. The highest BCUT2D eigenvalue weighted by molar-refractivity contribution is 7.98. The van der Waals surface area contributed by atoms with Gasteiger partial charge in [0.05, 0.1) is 5.69 Å². The quantitative estimate of drug-likeness (QED) is 0.838. The van der Waals surface area contributed by atoms with E-state index >= 15 is 0 Å². The molecule has 0 aliphatic carbocycles. The fourth-order valence-corrected chi connectivity index (χ4v) is 2.28. The van der Waals surface area contributed by atoms with Gasteiger partial charge in [-0.3, -0.25) is 0 Å². The van der Waals surface area contributed by atoms with Crippen molar-refractivity contribution in [1.82, 2.24) is 15.5 Å². The molecule has 0 amide bonds. The summed E-state index contributed by atoms with van der Waals surface area (Å²) in [4.78, 5) is 2.20. The highest BCUT2D eigenvalue weighted by Crippen LogP contribution is 2.14. The van der Waals surface area contributed by atoms with Gasteiger partial charge in [0.2, 0.25) is 0 Å². The molecule has 1 aromatic rings. The molecule has 1 aromatic heterocycles. The predicted octanol–water partition coefficient (Wildman–Crippen LogP) is 2.94. The Bertz CT molecular complexity index is 386. The van der Waals surface area contributed by atoms with E-state index in [0.717, 1.165) is 24.5 Å². The van der Waals surface area contributed by atoms with Gasteiger partial charge in [-0.1, -0.05) is 0 Å². The second-order valence-corrected chi connectivity index (χ2v) is 7.21. The van der Waals surface area contributed by atoms with Crippen molar-refractivity contribution in [3.63, 3.8) is 0 Å². The topological polar surface area (TPSA) is 41.0 Å². The molecule has 0 bridgehead atoms. The Kier molecular flexibility index (Phi) is 6.76. The van der Waals surface area contributed by atoms with E-state index in [2.05, 4.69) is 73.5 Å². The van der Waals surface area contributed by atoms with Crippen molar-refractivity contribution in [3.05, 3.63) is 17.8 Å². The monoisotopic (exact) mass is 296 g/mol. The third kappa shape index (κ3) is 6.09. The average Bonchev–Trinajstić information content (AvgIpc) is 2.41. The molecule has 5 heteroatoms. The molecule has 0 aliphatic heterocycles. The second-order valence-electron chi connectivity index (χ2n) is 6.23. The van der Waals surface area contributed by atoms with Gasteiger partial charge < -0.3 is 10.2 Å². The van der Waals surface area contributed by atoms with Gasteiger partial charge in [0, 0.05) is 25.2 Å². The summed E-state index contributed by atoms with van der Waals surface area (Å²) in [7, 11) is 2.09. The molecule has 0 saturated carbocycles. The zero-order valence-electron chi connectivity index (χ0n) is 13.6. The van der Waals surface area contributed by atoms with E-state index in [4.69, 9.17) is 0 Å². The molecule has 1 N–H and O–H groups in total. The SMILES string of the molecule is CSCCC(C)N(C)c1ccc(CNC(C)(C)C)nn1. The molecule has 0 fully saturated rings. The summed E-state index contributed by atoms with van der Waals surface area (Å²) >= 11 is 1.88. The van der Waals surface area contributed by atoms with E-state index in [1.165, 1.54) is 5.75 Å². The first-order chi connectivity index (χ1) is 9.33. The zero-order chi connectivity index (χ0) is 15.2. The van der Waals surface area contributed by atoms with Crippen molar-refractivity contribution in [2.75, 3.05) is 24.0 Å². The molecular weight excluding hydrogens is 268 g/mol. The lowest BCUT2D eigenvalue weighted by Gasteiger charge is -2.25. The van der Waals surface area contributed by atoms with Crippen LogP contribution >= 0.6 is 11.8 Å². The fraction of sp³-hybridized carbons (Fsp3) is 0.733. The first-order valence-electron chi connectivity index (χ1n) is 7.13. The van der Waals surface area contributed by atoms with Crippen molar-refractivity contribution in [3.8, 4) is 0 Å². The van der Waals surface area contributed by atoms with E-state index < -0.39 is 0 Å². The fourth-order valence-electron chi connectivity index (χ4n) is 1.70. The molecule has 0 aromatic carbocycles. The van der Waals surface area contributed by atoms with Crippen LogP contribution in [0.2, 0.25) is 0 Å². The highest BCUT2D eigenvalue weighted by Gasteiger charge is 2.12. The van der Waals surface area contributed by atoms with Crippen molar-refractivity contribution in [2.24, 2.45) is 0 Å². The van der Waals surface area contributed by atoms with Gasteiger partial charge in [0.15, 0.2) is 5.82 Å². The Morgan fingerprint density at radius 1 is 1.30 bits per heavy atom. The van der Waals surface area contributed by atoms with E-state index in [1.54, 1.807) is 0 Å². The minimum atomic E-state index is 0.101. The minimum Gasteiger partial charge on any atom is -0.355 e. The van der Waals surface area contributed by atoms with E-state index in [1.807, 2.05) is 11.8 Å². The summed E-state index contributed by atoms with van der Waals surface area (Å²) in [6.45, 7) is 9.43. The van der Waals surface area contributed by atoms with Gasteiger partial charge >= 0.3 is 0 Å². The van der Waals surface area contributed by atoms with Crippen LogP contribution in [0.5, 0.6) is 0 Å². The van der Waals surface area contributed by atoms with Crippen LogP contribution in [0.25, 0.3) is 0 Å². The van der Waals surface area contributed by atoms with Gasteiger partial charge in [0.25, 0.3) is 0 Å². The first kappa shape index (κ1) is 17.2. The molecule has 1 rings (SSSR count). The predicted molar refractivity (Wildman–Crippen MR) is 89.5 cm³/mol. The maximum atomic E-state index is 4.34. The first-order valence-corrected chi connectivity index (χ1v) is 8.52. The van der Waals surface area contributed by atoms with Gasteiger partial charge in [0.1, 0.15) is 0 Å². The highest BCUT2D eigenvalue weighted by atomic mass is 32.2. The number of anilines is 1. The summed E-state index contributed by atoms with van der Waals surface area (Å²) in [5.74, 6) is 2.12. The standard InChI is InChI=1S/C15H28N4S/c1-12(9-10-20-6)19(5)14-8-7-13(17-18-14)11-16-15(2,3)4/h7-8,12,16H,9-11H2,1-6H3. The Labute approximate surface area is 127 Å². The van der Waals surface area contributed by atoms with Crippen LogP contribution in [-0.4, -0.2) is 40.8 Å². The van der Waals surface area contributed by atoms with Crippen LogP contribution in [0, 0.1) is 0 Å². The smallest absolute Gasteiger partial charge is 0.151 e. The lowest BCUT2D eigenvalue weighted by atomic mass is 10.1. The van der Waals surface area contributed by atoms with Crippen molar-refractivity contribution in [2.45, 2.75) is 52.2 Å². The number of nitrogens with one attached hydrogen (secondary N) is 1. The van der Waals surface area contributed by atoms with Crippen LogP contribution in [0.4, 0.5) is 5.82 Å². The summed E-state index contributed by atoms with van der Waals surface area (Å²) in [6, 6.07) is 4.59. The lowest BCUT2D eigenvalue weighted by molar-refractivity contribution is 0.420. The molecule has 0 aliphatic rings. The molecule has 0 spiro atoms.